The lowest BCUT2D eigenvalue weighted by molar-refractivity contribution is -0.131. The Hall–Kier alpha value is -3.55. The number of nitrogens with zero attached hydrogens (tertiary/aromatic N) is 5. The summed E-state index contributed by atoms with van der Waals surface area (Å²) in [6, 6.07) is 15.5. The van der Waals surface area contributed by atoms with Gasteiger partial charge in [-0.3, -0.25) is 9.59 Å². The molecule has 0 aliphatic carbocycles. The number of aryl methyl sites for hydroxylation is 1. The summed E-state index contributed by atoms with van der Waals surface area (Å²) in [6.07, 6.45) is 0.273. The highest BCUT2D eigenvalue weighted by molar-refractivity contribution is 5.78. The van der Waals surface area contributed by atoms with E-state index in [1.165, 1.54) is 0 Å². The van der Waals surface area contributed by atoms with Crippen LogP contribution in [0.3, 0.4) is 0 Å². The summed E-state index contributed by atoms with van der Waals surface area (Å²) >= 11 is 0. The molecule has 4 rings (SSSR count). The van der Waals surface area contributed by atoms with Crippen LogP contribution in [0.15, 0.2) is 53.3 Å². The van der Waals surface area contributed by atoms with E-state index in [1.807, 2.05) is 53.4 Å². The van der Waals surface area contributed by atoms with Crippen LogP contribution in [0.2, 0.25) is 0 Å². The number of fused-ring (bicyclic) bond motifs is 1. The number of carbonyl (C=O) groups is 1. The maximum absolute atomic E-state index is 13.0. The van der Waals surface area contributed by atoms with Crippen molar-refractivity contribution >= 4 is 28.4 Å². The number of methoxy groups -OCH3 is 1. The van der Waals surface area contributed by atoms with Crippen molar-refractivity contribution in [3.8, 4) is 5.75 Å². The fourth-order valence-electron chi connectivity index (χ4n) is 4.15. The second-order valence-electron chi connectivity index (χ2n) is 8.07. The van der Waals surface area contributed by atoms with Crippen molar-refractivity contribution in [3.63, 3.8) is 0 Å². The molecule has 8 nitrogen and oxygen atoms in total. The fraction of sp³-hybridized carbons (Fsp3) is 0.375. The predicted molar refractivity (Wildman–Crippen MR) is 127 cm³/mol. The molecule has 0 saturated carbocycles. The number of amides is 1. The van der Waals surface area contributed by atoms with Gasteiger partial charge in [-0.15, -0.1) is 0 Å². The molecule has 0 radical (unpaired) electrons. The lowest BCUT2D eigenvalue weighted by Gasteiger charge is -2.36. The van der Waals surface area contributed by atoms with E-state index in [1.54, 1.807) is 30.7 Å². The number of anilines is 2. The quantitative estimate of drug-likeness (QED) is 0.591. The Kier molecular flexibility index (Phi) is 6.30. The molecule has 8 heteroatoms. The topological polar surface area (TPSA) is 70.9 Å². The Labute approximate surface area is 187 Å². The van der Waals surface area contributed by atoms with Crippen LogP contribution in [0.5, 0.6) is 5.75 Å². The molecular formula is C24H29N5O3. The molecule has 0 N–H and O–H groups in total. The zero-order valence-electron chi connectivity index (χ0n) is 18.8. The fourth-order valence-corrected chi connectivity index (χ4v) is 4.15. The molecule has 1 amide bonds. The normalized spacial score (nSPS) is 14.0. The molecule has 0 unspecified atom stereocenters. The number of rotatable bonds is 6. The van der Waals surface area contributed by atoms with Crippen LogP contribution in [0.25, 0.3) is 11.0 Å². The highest BCUT2D eigenvalue weighted by Crippen LogP contribution is 2.28. The van der Waals surface area contributed by atoms with E-state index in [9.17, 15) is 9.59 Å². The highest BCUT2D eigenvalue weighted by atomic mass is 16.5. The number of carbonyl (C=O) groups excluding carboxylic acids is 1. The minimum atomic E-state index is -0.178. The average Bonchev–Trinajstić information content (AvgIpc) is 2.83. The maximum atomic E-state index is 13.0. The van der Waals surface area contributed by atoms with E-state index in [4.69, 9.17) is 4.74 Å². The molecule has 0 bridgehead atoms. The van der Waals surface area contributed by atoms with Gasteiger partial charge in [0.15, 0.2) is 5.82 Å². The summed E-state index contributed by atoms with van der Waals surface area (Å²) in [5.74, 6) is 1.28. The largest absolute Gasteiger partial charge is 0.495 e. The molecule has 1 saturated heterocycles. The Morgan fingerprint density at radius 3 is 2.44 bits per heavy atom. The molecule has 1 fully saturated rings. The van der Waals surface area contributed by atoms with E-state index in [2.05, 4.69) is 9.88 Å². The van der Waals surface area contributed by atoms with Crippen LogP contribution in [-0.2, 0) is 11.3 Å². The smallest absolute Gasteiger partial charge is 0.293 e. The third-order valence-corrected chi connectivity index (χ3v) is 5.87. The van der Waals surface area contributed by atoms with Crippen LogP contribution in [0.1, 0.15) is 6.42 Å². The van der Waals surface area contributed by atoms with Crippen molar-refractivity contribution < 1.29 is 9.53 Å². The molecular weight excluding hydrogens is 406 g/mol. The molecule has 1 aliphatic rings. The van der Waals surface area contributed by atoms with Gasteiger partial charge in [0.1, 0.15) is 5.75 Å². The molecule has 32 heavy (non-hydrogen) atoms. The van der Waals surface area contributed by atoms with E-state index in [0.29, 0.717) is 25.5 Å². The summed E-state index contributed by atoms with van der Waals surface area (Å²) in [4.78, 5) is 36.3. The Morgan fingerprint density at radius 1 is 1.03 bits per heavy atom. The summed E-state index contributed by atoms with van der Waals surface area (Å²) in [6.45, 7) is 3.11. The van der Waals surface area contributed by atoms with Crippen LogP contribution in [-0.4, -0.2) is 67.7 Å². The van der Waals surface area contributed by atoms with Gasteiger partial charge in [0, 0.05) is 53.2 Å². The summed E-state index contributed by atoms with van der Waals surface area (Å²) in [5.41, 5.74) is 2.36. The van der Waals surface area contributed by atoms with Gasteiger partial charge in [-0.05, 0) is 24.3 Å². The third-order valence-electron chi connectivity index (χ3n) is 5.87. The lowest BCUT2D eigenvalue weighted by atomic mass is 10.2. The molecule has 0 spiro atoms. The number of hydrogen-bond donors (Lipinski definition) is 0. The van der Waals surface area contributed by atoms with E-state index >= 15 is 0 Å². The van der Waals surface area contributed by atoms with E-state index in [-0.39, 0.29) is 17.9 Å². The first kappa shape index (κ1) is 21.7. The Balaban J connectivity index is 1.45. The molecule has 2 aromatic carbocycles. The number of aromatic nitrogens is 2. The summed E-state index contributed by atoms with van der Waals surface area (Å²) in [7, 11) is 5.27. The van der Waals surface area contributed by atoms with Gasteiger partial charge in [0.25, 0.3) is 5.56 Å². The van der Waals surface area contributed by atoms with Crippen molar-refractivity contribution in [3.05, 3.63) is 58.9 Å². The van der Waals surface area contributed by atoms with Gasteiger partial charge >= 0.3 is 0 Å². The van der Waals surface area contributed by atoms with Gasteiger partial charge in [-0.1, -0.05) is 24.3 Å². The van der Waals surface area contributed by atoms with Crippen LogP contribution < -0.4 is 20.1 Å². The van der Waals surface area contributed by atoms with Crippen molar-refractivity contribution in [2.75, 3.05) is 57.2 Å². The van der Waals surface area contributed by atoms with Gasteiger partial charge < -0.3 is 24.0 Å². The summed E-state index contributed by atoms with van der Waals surface area (Å²) < 4.78 is 7.14. The van der Waals surface area contributed by atoms with Gasteiger partial charge in [0.2, 0.25) is 5.91 Å². The van der Waals surface area contributed by atoms with Crippen LogP contribution >= 0.6 is 0 Å². The monoisotopic (exact) mass is 435 g/mol. The van der Waals surface area contributed by atoms with E-state index in [0.717, 1.165) is 35.6 Å². The maximum Gasteiger partial charge on any atom is 0.293 e. The Bertz CT molecular complexity index is 1170. The van der Waals surface area contributed by atoms with Crippen molar-refractivity contribution in [1.82, 2.24) is 14.5 Å². The Morgan fingerprint density at radius 2 is 1.72 bits per heavy atom. The summed E-state index contributed by atoms with van der Waals surface area (Å²) in [5, 5.41) is 0. The van der Waals surface area contributed by atoms with Crippen molar-refractivity contribution in [2.45, 2.75) is 13.0 Å². The number of benzene rings is 2. The van der Waals surface area contributed by atoms with Gasteiger partial charge in [-0.25, -0.2) is 4.98 Å². The zero-order chi connectivity index (χ0) is 22.7. The molecule has 168 valence electrons. The number of piperazine rings is 1. The van der Waals surface area contributed by atoms with Crippen molar-refractivity contribution in [1.29, 1.82) is 0 Å². The first-order valence-corrected chi connectivity index (χ1v) is 10.8. The standard InChI is InChI=1S/C24H29N5O3/c1-26(2)23-24(31)29(19-9-5-4-8-18(19)25-23)13-12-22(30)28-16-14-27(15-17-28)20-10-6-7-11-21(20)32-3/h4-11H,12-17H2,1-3H3. The van der Waals surface area contributed by atoms with E-state index < -0.39 is 0 Å². The molecule has 3 aromatic rings. The van der Waals surface area contributed by atoms with Crippen molar-refractivity contribution in [2.24, 2.45) is 0 Å². The molecule has 1 aromatic heterocycles. The highest BCUT2D eigenvalue weighted by Gasteiger charge is 2.23. The number of para-hydroxylation sites is 4. The molecule has 2 heterocycles. The second kappa shape index (κ2) is 9.30. The zero-order valence-corrected chi connectivity index (χ0v) is 18.8. The first-order valence-electron chi connectivity index (χ1n) is 10.8. The van der Waals surface area contributed by atoms with Gasteiger partial charge in [0.05, 0.1) is 23.8 Å². The number of ether oxygens (including phenoxy) is 1. The second-order valence-corrected chi connectivity index (χ2v) is 8.07. The van der Waals surface area contributed by atoms with Crippen LogP contribution in [0.4, 0.5) is 11.5 Å². The third kappa shape index (κ3) is 4.26. The molecule has 0 atom stereocenters. The average molecular weight is 436 g/mol. The predicted octanol–water partition coefficient (Wildman–Crippen LogP) is 2.21. The SMILES string of the molecule is COc1ccccc1N1CCN(C(=O)CCn2c(=O)c(N(C)C)nc3ccccc32)CC1. The lowest BCUT2D eigenvalue weighted by Crippen LogP contribution is -2.49. The minimum absolute atomic E-state index is 0.0591. The molecule has 1 aliphatic heterocycles. The van der Waals surface area contributed by atoms with Gasteiger partial charge in [-0.2, -0.15) is 0 Å². The first-order chi connectivity index (χ1) is 15.5. The van der Waals surface area contributed by atoms with Crippen LogP contribution in [0, 0.1) is 0 Å². The minimum Gasteiger partial charge on any atom is -0.495 e. The number of hydrogen-bond acceptors (Lipinski definition) is 6.